The molecule has 0 aliphatic rings. The van der Waals surface area contributed by atoms with Crippen molar-refractivity contribution in [3.63, 3.8) is 0 Å². The van der Waals surface area contributed by atoms with Gasteiger partial charge >= 0.3 is 6.18 Å². The Morgan fingerprint density at radius 3 is 2.38 bits per heavy atom. The smallest absolute Gasteiger partial charge is 0.287 e. The monoisotopic (exact) mass is 233 g/mol. The second-order valence-corrected chi connectivity index (χ2v) is 2.96. The Bertz CT molecular complexity index is 428. The number of halogens is 3. The van der Waals surface area contributed by atoms with E-state index in [2.05, 4.69) is 0 Å². The van der Waals surface area contributed by atoms with Crippen LogP contribution in [-0.4, -0.2) is 17.3 Å². The summed E-state index contributed by atoms with van der Waals surface area (Å²) in [6.45, 7) is -1.15. The van der Waals surface area contributed by atoms with E-state index in [0.717, 1.165) is 12.1 Å². The number of hydrogen-bond acceptors (Lipinski definition) is 3. The molecule has 0 amide bonds. The molecule has 86 valence electrons. The highest BCUT2D eigenvalue weighted by Crippen LogP contribution is 2.31. The number of carbonyl (C=O) groups is 1. The molecule has 0 N–H and O–H groups in total. The van der Waals surface area contributed by atoms with E-state index in [9.17, 15) is 28.1 Å². The van der Waals surface area contributed by atoms with E-state index in [1.807, 2.05) is 0 Å². The Labute approximate surface area is 87.8 Å². The van der Waals surface area contributed by atoms with Gasteiger partial charge in [-0.25, -0.2) is 0 Å². The molecule has 1 aromatic carbocycles. The van der Waals surface area contributed by atoms with Gasteiger partial charge in [-0.3, -0.25) is 14.9 Å². The molecule has 0 saturated heterocycles. The van der Waals surface area contributed by atoms with Gasteiger partial charge in [0.1, 0.15) is 0 Å². The number of hydrogen-bond donors (Lipinski definition) is 0. The molecule has 0 fully saturated rings. The molecule has 0 atom stereocenters. The summed E-state index contributed by atoms with van der Waals surface area (Å²) in [5.41, 5.74) is -1.83. The lowest BCUT2D eigenvalue weighted by atomic mass is 10.0. The van der Waals surface area contributed by atoms with E-state index in [1.165, 1.54) is 6.07 Å². The number of rotatable bonds is 3. The summed E-state index contributed by atoms with van der Waals surface area (Å²) in [4.78, 5) is 20.3. The number of nitro groups is 1. The van der Waals surface area contributed by atoms with Gasteiger partial charge in [-0.1, -0.05) is 18.2 Å². The topological polar surface area (TPSA) is 60.2 Å². The first-order valence-electron chi connectivity index (χ1n) is 4.13. The number of Topliss-reactive ketones (excluding diaryl/α,β-unsaturated/α-hetero) is 1. The maximum Gasteiger partial charge on any atom is 0.417 e. The molecule has 0 radical (unpaired) electrons. The first kappa shape index (κ1) is 12.2. The van der Waals surface area contributed by atoms with Gasteiger partial charge in [-0.15, -0.1) is 0 Å². The van der Waals surface area contributed by atoms with Crippen molar-refractivity contribution < 1.29 is 22.9 Å². The van der Waals surface area contributed by atoms with Crippen molar-refractivity contribution in [3.8, 4) is 0 Å². The molecular weight excluding hydrogens is 227 g/mol. The highest BCUT2D eigenvalue weighted by atomic mass is 19.4. The quantitative estimate of drug-likeness (QED) is 0.456. The summed E-state index contributed by atoms with van der Waals surface area (Å²) in [6, 6.07) is 3.98. The maximum atomic E-state index is 12.4. The highest BCUT2D eigenvalue weighted by Gasteiger charge is 2.35. The van der Waals surface area contributed by atoms with Crippen molar-refractivity contribution in [2.45, 2.75) is 6.18 Å². The van der Waals surface area contributed by atoms with Crippen molar-refractivity contribution in [1.82, 2.24) is 0 Å². The summed E-state index contributed by atoms with van der Waals surface area (Å²) in [5.74, 6) is -1.15. The van der Waals surface area contributed by atoms with E-state index in [0.29, 0.717) is 6.07 Å². The van der Waals surface area contributed by atoms with Crippen LogP contribution in [0.2, 0.25) is 0 Å². The van der Waals surface area contributed by atoms with Crippen LogP contribution in [0, 0.1) is 10.1 Å². The van der Waals surface area contributed by atoms with Crippen LogP contribution in [0.15, 0.2) is 24.3 Å². The molecule has 16 heavy (non-hydrogen) atoms. The predicted molar refractivity (Wildman–Crippen MR) is 47.6 cm³/mol. The third-order valence-electron chi connectivity index (χ3n) is 1.81. The van der Waals surface area contributed by atoms with Crippen LogP contribution >= 0.6 is 0 Å². The molecule has 0 bridgehead atoms. The van der Waals surface area contributed by atoms with Crippen molar-refractivity contribution >= 4 is 5.78 Å². The lowest BCUT2D eigenvalue weighted by Crippen LogP contribution is -2.19. The van der Waals surface area contributed by atoms with Gasteiger partial charge in [0, 0.05) is 10.5 Å². The van der Waals surface area contributed by atoms with Crippen LogP contribution in [-0.2, 0) is 6.18 Å². The van der Waals surface area contributed by atoms with E-state index in [-0.39, 0.29) is 0 Å². The lowest BCUT2D eigenvalue weighted by molar-refractivity contribution is -0.465. The standard InChI is InChI=1S/C9H6F3NO3/c10-9(11,12)7-4-2-1-3-6(7)8(14)5-13(15)16/h1-4H,5H2. The van der Waals surface area contributed by atoms with Gasteiger partial charge in [0.15, 0.2) is 0 Å². The maximum absolute atomic E-state index is 12.4. The Morgan fingerprint density at radius 1 is 1.31 bits per heavy atom. The SMILES string of the molecule is O=C(C[N+](=O)[O-])c1ccccc1C(F)(F)F. The summed E-state index contributed by atoms with van der Waals surface area (Å²) < 4.78 is 37.3. The van der Waals surface area contributed by atoms with Crippen molar-refractivity contribution in [2.24, 2.45) is 0 Å². The van der Waals surface area contributed by atoms with Crippen LogP contribution in [0.4, 0.5) is 13.2 Å². The molecule has 0 saturated carbocycles. The van der Waals surface area contributed by atoms with Crippen molar-refractivity contribution in [3.05, 3.63) is 45.5 Å². The van der Waals surface area contributed by atoms with E-state index in [1.54, 1.807) is 0 Å². The highest BCUT2D eigenvalue weighted by molar-refractivity contribution is 5.98. The molecular formula is C9H6F3NO3. The summed E-state index contributed by atoms with van der Waals surface area (Å²) in [5, 5.41) is 10.0. The zero-order chi connectivity index (χ0) is 12.3. The van der Waals surface area contributed by atoms with Gasteiger partial charge in [0.2, 0.25) is 5.78 Å². The molecule has 0 aliphatic carbocycles. The van der Waals surface area contributed by atoms with Gasteiger partial charge in [0.25, 0.3) is 6.54 Å². The number of nitrogens with zero attached hydrogens (tertiary/aromatic N) is 1. The summed E-state index contributed by atoms with van der Waals surface area (Å²) >= 11 is 0. The molecule has 4 nitrogen and oxygen atoms in total. The second-order valence-electron chi connectivity index (χ2n) is 2.96. The Balaban J connectivity index is 3.14. The number of ketones is 1. The Hall–Kier alpha value is -1.92. The minimum absolute atomic E-state index is 0.674. The van der Waals surface area contributed by atoms with Crippen LogP contribution in [0.5, 0.6) is 0 Å². The zero-order valence-electron chi connectivity index (χ0n) is 7.82. The third-order valence-corrected chi connectivity index (χ3v) is 1.81. The molecule has 1 rings (SSSR count). The first-order valence-corrected chi connectivity index (χ1v) is 4.13. The minimum atomic E-state index is -4.69. The fraction of sp³-hybridized carbons (Fsp3) is 0.222. The molecule has 0 aromatic heterocycles. The second kappa shape index (κ2) is 4.30. The van der Waals surface area contributed by atoms with Crippen LogP contribution in [0.1, 0.15) is 15.9 Å². The van der Waals surface area contributed by atoms with E-state index < -0.39 is 34.6 Å². The molecule has 0 spiro atoms. The Kier molecular flexibility index (Phi) is 3.26. The lowest BCUT2D eigenvalue weighted by Gasteiger charge is -2.09. The van der Waals surface area contributed by atoms with E-state index >= 15 is 0 Å². The zero-order valence-corrected chi connectivity index (χ0v) is 7.82. The fourth-order valence-corrected chi connectivity index (χ4v) is 1.18. The molecule has 7 heteroatoms. The van der Waals surface area contributed by atoms with Gasteiger partial charge in [-0.05, 0) is 6.07 Å². The van der Waals surface area contributed by atoms with Crippen LogP contribution in [0.3, 0.4) is 0 Å². The fourth-order valence-electron chi connectivity index (χ4n) is 1.18. The predicted octanol–water partition coefficient (Wildman–Crippen LogP) is 2.16. The molecule has 0 heterocycles. The summed E-state index contributed by atoms with van der Waals surface area (Å²) in [6.07, 6.45) is -4.69. The van der Waals surface area contributed by atoms with E-state index in [4.69, 9.17) is 0 Å². The largest absolute Gasteiger partial charge is 0.417 e. The normalized spacial score (nSPS) is 11.2. The molecule has 0 aliphatic heterocycles. The Morgan fingerprint density at radius 2 is 1.88 bits per heavy atom. The summed E-state index contributed by atoms with van der Waals surface area (Å²) in [7, 11) is 0. The average Bonchev–Trinajstić information content (AvgIpc) is 2.15. The minimum Gasteiger partial charge on any atom is -0.287 e. The number of benzene rings is 1. The van der Waals surface area contributed by atoms with Crippen LogP contribution < -0.4 is 0 Å². The molecule has 1 aromatic rings. The van der Waals surface area contributed by atoms with Gasteiger partial charge in [0.05, 0.1) is 5.56 Å². The van der Waals surface area contributed by atoms with Crippen molar-refractivity contribution in [1.29, 1.82) is 0 Å². The number of carbonyl (C=O) groups excluding carboxylic acids is 1. The van der Waals surface area contributed by atoms with Crippen LogP contribution in [0.25, 0.3) is 0 Å². The van der Waals surface area contributed by atoms with Gasteiger partial charge < -0.3 is 0 Å². The molecule has 0 unspecified atom stereocenters. The average molecular weight is 233 g/mol. The first-order chi connectivity index (χ1) is 7.32. The third kappa shape index (κ3) is 2.78. The number of alkyl halides is 3. The van der Waals surface area contributed by atoms with Crippen molar-refractivity contribution in [2.75, 3.05) is 6.54 Å². The van der Waals surface area contributed by atoms with Gasteiger partial charge in [-0.2, -0.15) is 13.2 Å².